The Morgan fingerprint density at radius 3 is 2.08 bits per heavy atom. The van der Waals surface area contributed by atoms with E-state index < -0.39 is 23.8 Å². The molecule has 7 heteroatoms. The zero-order valence-electron chi connectivity index (χ0n) is 13.8. The number of methoxy groups -OCH3 is 1. The molecule has 2 aromatic rings. The molecule has 0 radical (unpaired) electrons. The maximum atomic E-state index is 12.5. The Balaban J connectivity index is 2.01. The average Bonchev–Trinajstić information content (AvgIpc) is 2.59. The number of hydrogen-bond donors (Lipinski definition) is 1. The van der Waals surface area contributed by atoms with Gasteiger partial charge in [0.15, 0.2) is 6.10 Å². The van der Waals surface area contributed by atoms with Crippen molar-refractivity contribution in [2.24, 2.45) is 0 Å². The highest BCUT2D eigenvalue weighted by Gasteiger charge is 2.30. The Morgan fingerprint density at radius 2 is 1.60 bits per heavy atom. The number of amides is 1. The van der Waals surface area contributed by atoms with Crippen LogP contribution in [0.5, 0.6) is 11.5 Å². The van der Waals surface area contributed by atoms with Gasteiger partial charge in [-0.15, -0.1) is 0 Å². The predicted molar refractivity (Wildman–Crippen MR) is 87.8 cm³/mol. The number of alkyl halides is 3. The second-order valence-electron chi connectivity index (χ2n) is 5.25. The van der Waals surface area contributed by atoms with E-state index in [1.165, 1.54) is 12.1 Å². The van der Waals surface area contributed by atoms with Gasteiger partial charge in [-0.2, -0.15) is 13.2 Å². The summed E-state index contributed by atoms with van der Waals surface area (Å²) >= 11 is 0. The molecule has 25 heavy (non-hydrogen) atoms. The SMILES string of the molecule is CC[C@@H](Oc1ccc(OC)cc1)C(=O)Nc1ccc(C(F)(F)F)cc1. The van der Waals surface area contributed by atoms with Crippen LogP contribution in [-0.2, 0) is 11.0 Å². The number of carbonyl (C=O) groups is 1. The predicted octanol–water partition coefficient (Wildman–Crippen LogP) is 4.51. The Morgan fingerprint density at radius 1 is 1.04 bits per heavy atom. The first-order valence-corrected chi connectivity index (χ1v) is 7.62. The second kappa shape index (κ2) is 7.92. The molecule has 0 aliphatic heterocycles. The van der Waals surface area contributed by atoms with Gasteiger partial charge in [-0.3, -0.25) is 4.79 Å². The van der Waals surface area contributed by atoms with Crippen molar-refractivity contribution in [1.82, 2.24) is 0 Å². The fourth-order valence-electron chi connectivity index (χ4n) is 2.11. The quantitative estimate of drug-likeness (QED) is 0.831. The molecule has 0 heterocycles. The lowest BCUT2D eigenvalue weighted by atomic mass is 10.2. The van der Waals surface area contributed by atoms with Crippen LogP contribution in [0.2, 0.25) is 0 Å². The first kappa shape index (κ1) is 18.6. The number of anilines is 1. The van der Waals surface area contributed by atoms with E-state index in [1.807, 2.05) is 0 Å². The number of benzene rings is 2. The lowest BCUT2D eigenvalue weighted by molar-refractivity contribution is -0.137. The van der Waals surface area contributed by atoms with E-state index in [2.05, 4.69) is 5.32 Å². The van der Waals surface area contributed by atoms with E-state index in [9.17, 15) is 18.0 Å². The summed E-state index contributed by atoms with van der Waals surface area (Å²) in [7, 11) is 1.54. The van der Waals surface area contributed by atoms with Gasteiger partial charge in [-0.1, -0.05) is 6.92 Å². The fourth-order valence-corrected chi connectivity index (χ4v) is 2.11. The molecular formula is C18H18F3NO3. The number of halogens is 3. The van der Waals surface area contributed by atoms with Crippen LogP contribution in [0.15, 0.2) is 48.5 Å². The summed E-state index contributed by atoms with van der Waals surface area (Å²) < 4.78 is 48.3. The summed E-state index contributed by atoms with van der Waals surface area (Å²) in [5.74, 6) is 0.725. The summed E-state index contributed by atoms with van der Waals surface area (Å²) in [6, 6.07) is 11.0. The van der Waals surface area contributed by atoms with Gasteiger partial charge in [0, 0.05) is 5.69 Å². The topological polar surface area (TPSA) is 47.6 Å². The monoisotopic (exact) mass is 353 g/mol. The minimum absolute atomic E-state index is 0.273. The molecule has 0 unspecified atom stereocenters. The molecule has 0 saturated heterocycles. The van der Waals surface area contributed by atoms with Crippen molar-refractivity contribution in [3.63, 3.8) is 0 Å². The van der Waals surface area contributed by atoms with Crippen LogP contribution in [-0.4, -0.2) is 19.1 Å². The van der Waals surface area contributed by atoms with Crippen molar-refractivity contribution < 1.29 is 27.4 Å². The lowest BCUT2D eigenvalue weighted by Crippen LogP contribution is -2.32. The van der Waals surface area contributed by atoms with Gasteiger partial charge in [0.2, 0.25) is 0 Å². The summed E-state index contributed by atoms with van der Waals surface area (Å²) in [4.78, 5) is 12.3. The Labute approximate surface area is 143 Å². The van der Waals surface area contributed by atoms with Gasteiger partial charge in [0.25, 0.3) is 5.91 Å². The third-order valence-corrected chi connectivity index (χ3v) is 3.48. The normalized spacial score (nSPS) is 12.4. The van der Waals surface area contributed by atoms with Crippen LogP contribution >= 0.6 is 0 Å². The molecular weight excluding hydrogens is 335 g/mol. The largest absolute Gasteiger partial charge is 0.497 e. The highest BCUT2D eigenvalue weighted by Crippen LogP contribution is 2.30. The molecule has 0 aromatic heterocycles. The Hall–Kier alpha value is -2.70. The molecule has 1 atom stereocenters. The minimum atomic E-state index is -4.41. The molecule has 1 amide bonds. The molecule has 4 nitrogen and oxygen atoms in total. The first-order chi connectivity index (χ1) is 11.8. The van der Waals surface area contributed by atoms with E-state index in [-0.39, 0.29) is 5.69 Å². The van der Waals surface area contributed by atoms with E-state index in [1.54, 1.807) is 38.3 Å². The van der Waals surface area contributed by atoms with Crippen LogP contribution in [0.1, 0.15) is 18.9 Å². The van der Waals surface area contributed by atoms with Crippen LogP contribution < -0.4 is 14.8 Å². The second-order valence-corrected chi connectivity index (χ2v) is 5.25. The highest BCUT2D eigenvalue weighted by molar-refractivity contribution is 5.94. The van der Waals surface area contributed by atoms with Crippen molar-refractivity contribution in [3.05, 3.63) is 54.1 Å². The summed E-state index contributed by atoms with van der Waals surface area (Å²) in [6.45, 7) is 1.78. The third kappa shape index (κ3) is 5.14. The van der Waals surface area contributed by atoms with Crippen LogP contribution in [0.25, 0.3) is 0 Å². The third-order valence-electron chi connectivity index (χ3n) is 3.48. The molecule has 0 bridgehead atoms. The first-order valence-electron chi connectivity index (χ1n) is 7.62. The van der Waals surface area contributed by atoms with Gasteiger partial charge < -0.3 is 14.8 Å². The van der Waals surface area contributed by atoms with Crippen molar-refractivity contribution in [2.45, 2.75) is 25.6 Å². The maximum absolute atomic E-state index is 12.5. The number of hydrogen-bond acceptors (Lipinski definition) is 3. The molecule has 2 aromatic carbocycles. The van der Waals surface area contributed by atoms with Crippen molar-refractivity contribution >= 4 is 11.6 Å². The number of nitrogens with one attached hydrogen (secondary N) is 1. The van der Waals surface area contributed by atoms with Crippen LogP contribution in [0.3, 0.4) is 0 Å². The molecule has 0 saturated carbocycles. The number of carbonyl (C=O) groups excluding carboxylic acids is 1. The summed E-state index contributed by atoms with van der Waals surface area (Å²) in [5.41, 5.74) is -0.498. The Kier molecular flexibility index (Phi) is 5.90. The molecule has 0 spiro atoms. The minimum Gasteiger partial charge on any atom is -0.497 e. The van der Waals surface area contributed by atoms with Crippen LogP contribution in [0.4, 0.5) is 18.9 Å². The van der Waals surface area contributed by atoms with Gasteiger partial charge in [0.05, 0.1) is 12.7 Å². The van der Waals surface area contributed by atoms with E-state index in [0.29, 0.717) is 17.9 Å². The molecule has 2 rings (SSSR count). The van der Waals surface area contributed by atoms with Gasteiger partial charge >= 0.3 is 6.18 Å². The van der Waals surface area contributed by atoms with Crippen molar-refractivity contribution in [1.29, 1.82) is 0 Å². The van der Waals surface area contributed by atoms with Gasteiger partial charge in [-0.05, 0) is 55.0 Å². The van der Waals surface area contributed by atoms with Crippen molar-refractivity contribution in [2.75, 3.05) is 12.4 Å². The fraction of sp³-hybridized carbons (Fsp3) is 0.278. The summed E-state index contributed by atoms with van der Waals surface area (Å²) in [6.07, 6.45) is -4.78. The molecule has 0 aliphatic rings. The highest BCUT2D eigenvalue weighted by atomic mass is 19.4. The zero-order chi connectivity index (χ0) is 18.4. The van der Waals surface area contributed by atoms with Gasteiger partial charge in [0.1, 0.15) is 11.5 Å². The van der Waals surface area contributed by atoms with E-state index in [0.717, 1.165) is 12.1 Å². The summed E-state index contributed by atoms with van der Waals surface area (Å²) in [5, 5.41) is 2.56. The van der Waals surface area contributed by atoms with Gasteiger partial charge in [-0.25, -0.2) is 0 Å². The van der Waals surface area contributed by atoms with Crippen LogP contribution in [0, 0.1) is 0 Å². The molecule has 134 valence electrons. The zero-order valence-corrected chi connectivity index (χ0v) is 13.8. The average molecular weight is 353 g/mol. The van der Waals surface area contributed by atoms with E-state index >= 15 is 0 Å². The lowest BCUT2D eigenvalue weighted by Gasteiger charge is -2.17. The molecule has 0 fully saturated rings. The maximum Gasteiger partial charge on any atom is 0.416 e. The Bertz CT molecular complexity index is 697. The standard InChI is InChI=1S/C18H18F3NO3/c1-3-16(25-15-10-8-14(24-2)9-11-15)17(23)22-13-6-4-12(5-7-13)18(19,20)21/h4-11,16H,3H2,1-2H3,(H,22,23)/t16-/m1/s1. The smallest absolute Gasteiger partial charge is 0.416 e. The van der Waals surface area contributed by atoms with Crippen molar-refractivity contribution in [3.8, 4) is 11.5 Å². The number of rotatable bonds is 6. The van der Waals surface area contributed by atoms with E-state index in [4.69, 9.17) is 9.47 Å². The molecule has 1 N–H and O–H groups in total. The molecule has 0 aliphatic carbocycles. The number of ether oxygens (including phenoxy) is 2.